The molecule has 1 N–H and O–H groups in total. The number of rotatable bonds is 6. The predicted octanol–water partition coefficient (Wildman–Crippen LogP) is 2.83. The maximum atomic E-state index is 11.9. The predicted molar refractivity (Wildman–Crippen MR) is 87.9 cm³/mol. The molecule has 5 nitrogen and oxygen atoms in total. The number of hydrogen-bond donors (Lipinski definition) is 1. The highest BCUT2D eigenvalue weighted by Gasteiger charge is 2.21. The Kier molecular flexibility index (Phi) is 5.19. The summed E-state index contributed by atoms with van der Waals surface area (Å²) in [5.41, 5.74) is 1.84. The summed E-state index contributed by atoms with van der Waals surface area (Å²) in [6, 6.07) is 13.6. The lowest BCUT2D eigenvalue weighted by Gasteiger charge is -2.10. The molecule has 1 aromatic heterocycles. The molecule has 3 rings (SSSR count). The van der Waals surface area contributed by atoms with Crippen molar-refractivity contribution in [2.45, 2.75) is 25.7 Å². The molecule has 1 saturated carbocycles. The highest BCUT2D eigenvalue weighted by atomic mass is 16.5. The van der Waals surface area contributed by atoms with Crippen molar-refractivity contribution in [1.82, 2.24) is 15.5 Å². The first-order valence-electron chi connectivity index (χ1n) is 8.12. The van der Waals surface area contributed by atoms with Crippen LogP contribution in [0.1, 0.15) is 25.7 Å². The fourth-order valence-corrected chi connectivity index (χ4v) is 2.82. The van der Waals surface area contributed by atoms with E-state index >= 15 is 0 Å². The van der Waals surface area contributed by atoms with Crippen LogP contribution < -0.4 is 10.1 Å². The van der Waals surface area contributed by atoms with Gasteiger partial charge in [-0.15, -0.1) is 10.2 Å². The van der Waals surface area contributed by atoms with Gasteiger partial charge in [0.15, 0.2) is 0 Å². The van der Waals surface area contributed by atoms with Gasteiger partial charge in [0.1, 0.15) is 6.61 Å². The van der Waals surface area contributed by atoms with Crippen LogP contribution in [0.25, 0.3) is 11.3 Å². The minimum absolute atomic E-state index is 0.150. The maximum absolute atomic E-state index is 11.9. The van der Waals surface area contributed by atoms with Gasteiger partial charge in [-0.05, 0) is 18.9 Å². The van der Waals surface area contributed by atoms with E-state index in [2.05, 4.69) is 15.5 Å². The van der Waals surface area contributed by atoms with E-state index < -0.39 is 0 Å². The van der Waals surface area contributed by atoms with Crippen LogP contribution in [0.15, 0.2) is 42.5 Å². The van der Waals surface area contributed by atoms with E-state index in [0.717, 1.165) is 36.9 Å². The van der Waals surface area contributed by atoms with Crippen LogP contribution in [0.3, 0.4) is 0 Å². The summed E-state index contributed by atoms with van der Waals surface area (Å²) in [5.74, 6) is 0.816. The van der Waals surface area contributed by atoms with Crippen molar-refractivity contribution in [2.75, 3.05) is 13.2 Å². The van der Waals surface area contributed by atoms with Crippen molar-refractivity contribution in [3.63, 3.8) is 0 Å². The SMILES string of the molecule is O=C(NCCOc1ccc(-c2ccccc2)nn1)C1CCCC1. The van der Waals surface area contributed by atoms with E-state index in [4.69, 9.17) is 4.74 Å². The third-order valence-electron chi connectivity index (χ3n) is 4.09. The third-order valence-corrected chi connectivity index (χ3v) is 4.09. The fraction of sp³-hybridized carbons (Fsp3) is 0.389. The largest absolute Gasteiger partial charge is 0.475 e. The first-order valence-corrected chi connectivity index (χ1v) is 8.12. The molecule has 1 aromatic carbocycles. The minimum Gasteiger partial charge on any atom is -0.475 e. The number of nitrogens with zero attached hydrogens (tertiary/aromatic N) is 2. The maximum Gasteiger partial charge on any atom is 0.233 e. The number of ether oxygens (including phenoxy) is 1. The van der Waals surface area contributed by atoms with Crippen molar-refractivity contribution in [1.29, 1.82) is 0 Å². The zero-order chi connectivity index (χ0) is 15.9. The van der Waals surface area contributed by atoms with Gasteiger partial charge in [0, 0.05) is 17.5 Å². The number of carbonyl (C=O) groups excluding carboxylic acids is 1. The first-order chi connectivity index (χ1) is 11.3. The summed E-state index contributed by atoms with van der Waals surface area (Å²) in [7, 11) is 0. The van der Waals surface area contributed by atoms with Crippen molar-refractivity contribution in [3.05, 3.63) is 42.5 Å². The molecule has 0 saturated heterocycles. The summed E-state index contributed by atoms with van der Waals surface area (Å²) >= 11 is 0. The Bertz CT molecular complexity index is 622. The molecular formula is C18H21N3O2. The molecule has 1 amide bonds. The lowest BCUT2D eigenvalue weighted by molar-refractivity contribution is -0.124. The monoisotopic (exact) mass is 311 g/mol. The molecule has 0 spiro atoms. The van der Waals surface area contributed by atoms with E-state index in [0.29, 0.717) is 19.0 Å². The molecule has 1 aliphatic carbocycles. The summed E-state index contributed by atoms with van der Waals surface area (Å²) in [4.78, 5) is 11.9. The normalized spacial score (nSPS) is 14.6. The lowest BCUT2D eigenvalue weighted by Crippen LogP contribution is -2.32. The van der Waals surface area contributed by atoms with Gasteiger partial charge in [0.2, 0.25) is 11.8 Å². The van der Waals surface area contributed by atoms with Gasteiger partial charge in [-0.1, -0.05) is 43.2 Å². The van der Waals surface area contributed by atoms with Crippen LogP contribution in [0.4, 0.5) is 0 Å². The Labute approximate surface area is 136 Å². The van der Waals surface area contributed by atoms with E-state index in [-0.39, 0.29) is 11.8 Å². The summed E-state index contributed by atoms with van der Waals surface area (Å²) in [6.07, 6.45) is 4.36. The van der Waals surface area contributed by atoms with Crippen molar-refractivity contribution in [3.8, 4) is 17.1 Å². The second-order valence-corrected chi connectivity index (χ2v) is 5.74. The number of carbonyl (C=O) groups is 1. The molecule has 0 unspecified atom stereocenters. The molecular weight excluding hydrogens is 290 g/mol. The topological polar surface area (TPSA) is 64.1 Å². The third kappa shape index (κ3) is 4.28. The number of benzene rings is 1. The van der Waals surface area contributed by atoms with Gasteiger partial charge in [-0.3, -0.25) is 4.79 Å². The zero-order valence-corrected chi connectivity index (χ0v) is 13.1. The molecule has 120 valence electrons. The number of aromatic nitrogens is 2. The lowest BCUT2D eigenvalue weighted by atomic mass is 10.1. The van der Waals surface area contributed by atoms with Gasteiger partial charge < -0.3 is 10.1 Å². The van der Waals surface area contributed by atoms with Crippen LogP contribution in [0, 0.1) is 5.92 Å². The molecule has 0 radical (unpaired) electrons. The second-order valence-electron chi connectivity index (χ2n) is 5.74. The average Bonchev–Trinajstić information content (AvgIpc) is 3.15. The molecule has 1 aliphatic rings. The van der Waals surface area contributed by atoms with Crippen molar-refractivity contribution in [2.24, 2.45) is 5.92 Å². The summed E-state index contributed by atoms with van der Waals surface area (Å²) in [6.45, 7) is 0.898. The number of nitrogens with one attached hydrogen (secondary N) is 1. The van der Waals surface area contributed by atoms with Gasteiger partial charge >= 0.3 is 0 Å². The Morgan fingerprint density at radius 2 is 1.87 bits per heavy atom. The Balaban J connectivity index is 1.43. The number of amides is 1. The van der Waals surface area contributed by atoms with E-state index in [9.17, 15) is 4.79 Å². The molecule has 0 bridgehead atoms. The highest BCUT2D eigenvalue weighted by molar-refractivity contribution is 5.78. The molecule has 5 heteroatoms. The minimum atomic E-state index is 0.150. The number of hydrogen-bond acceptors (Lipinski definition) is 4. The fourth-order valence-electron chi connectivity index (χ4n) is 2.82. The Morgan fingerprint density at radius 3 is 2.57 bits per heavy atom. The van der Waals surface area contributed by atoms with Crippen LogP contribution in [-0.2, 0) is 4.79 Å². The van der Waals surface area contributed by atoms with Crippen LogP contribution in [-0.4, -0.2) is 29.3 Å². The standard InChI is InChI=1S/C18H21N3O2/c22-18(15-8-4-5-9-15)19-12-13-23-17-11-10-16(20-21-17)14-6-2-1-3-7-14/h1-3,6-7,10-11,15H,4-5,8-9,12-13H2,(H,19,22). The second kappa shape index (κ2) is 7.72. The first kappa shape index (κ1) is 15.5. The quantitative estimate of drug-likeness (QED) is 0.833. The van der Waals surface area contributed by atoms with Gasteiger partial charge in [0.05, 0.1) is 12.2 Å². The van der Waals surface area contributed by atoms with Gasteiger partial charge in [-0.25, -0.2) is 0 Å². The van der Waals surface area contributed by atoms with E-state index in [1.165, 1.54) is 0 Å². The Hall–Kier alpha value is -2.43. The molecule has 23 heavy (non-hydrogen) atoms. The van der Waals surface area contributed by atoms with Crippen molar-refractivity contribution < 1.29 is 9.53 Å². The average molecular weight is 311 g/mol. The highest BCUT2D eigenvalue weighted by Crippen LogP contribution is 2.24. The molecule has 2 aromatic rings. The van der Waals surface area contributed by atoms with Gasteiger partial charge in [0.25, 0.3) is 0 Å². The Morgan fingerprint density at radius 1 is 1.09 bits per heavy atom. The molecule has 1 fully saturated rings. The van der Waals surface area contributed by atoms with Gasteiger partial charge in [-0.2, -0.15) is 0 Å². The zero-order valence-electron chi connectivity index (χ0n) is 13.1. The van der Waals surface area contributed by atoms with E-state index in [1.807, 2.05) is 36.4 Å². The van der Waals surface area contributed by atoms with Crippen LogP contribution in [0.5, 0.6) is 5.88 Å². The molecule has 0 atom stereocenters. The smallest absolute Gasteiger partial charge is 0.233 e. The molecule has 1 heterocycles. The molecule has 0 aliphatic heterocycles. The van der Waals surface area contributed by atoms with Crippen LogP contribution >= 0.6 is 0 Å². The van der Waals surface area contributed by atoms with E-state index in [1.54, 1.807) is 6.07 Å². The summed E-state index contributed by atoms with van der Waals surface area (Å²) < 4.78 is 5.52. The summed E-state index contributed by atoms with van der Waals surface area (Å²) in [5, 5.41) is 11.1. The van der Waals surface area contributed by atoms with Crippen LogP contribution in [0.2, 0.25) is 0 Å². The van der Waals surface area contributed by atoms with Crippen molar-refractivity contribution >= 4 is 5.91 Å².